The van der Waals surface area contributed by atoms with Gasteiger partial charge in [0, 0.05) is 19.2 Å². The molecule has 1 aliphatic carbocycles. The van der Waals surface area contributed by atoms with E-state index in [1.165, 1.54) is 11.1 Å². The van der Waals surface area contributed by atoms with Crippen LogP contribution in [0, 0.1) is 0 Å². The van der Waals surface area contributed by atoms with Gasteiger partial charge in [-0.15, -0.1) is 0 Å². The second-order valence-corrected chi connectivity index (χ2v) is 5.80. The quantitative estimate of drug-likeness (QED) is 0.942. The van der Waals surface area contributed by atoms with Crippen LogP contribution in [-0.4, -0.2) is 36.3 Å². The summed E-state index contributed by atoms with van der Waals surface area (Å²) in [6, 6.07) is 11.1. The summed E-state index contributed by atoms with van der Waals surface area (Å²) in [4.78, 5) is 11.0. The highest BCUT2D eigenvalue weighted by Crippen LogP contribution is 2.33. The number of hydrogen-bond donors (Lipinski definition) is 1. The summed E-state index contributed by atoms with van der Waals surface area (Å²) in [5.74, 6) is 1.88. The fourth-order valence-corrected chi connectivity index (χ4v) is 3.28. The van der Waals surface area contributed by atoms with Crippen LogP contribution in [0.1, 0.15) is 23.6 Å². The summed E-state index contributed by atoms with van der Waals surface area (Å²) in [7, 11) is 0. The molecule has 1 aromatic heterocycles. The molecule has 1 atom stereocenters. The Hall–Kier alpha value is -2.14. The van der Waals surface area contributed by atoms with Crippen molar-refractivity contribution in [1.82, 2.24) is 9.97 Å². The van der Waals surface area contributed by atoms with Crippen LogP contribution in [0.25, 0.3) is 0 Å². The predicted molar refractivity (Wildman–Crippen MR) is 86.2 cm³/mol. The second kappa shape index (κ2) is 5.93. The summed E-state index contributed by atoms with van der Waals surface area (Å²) < 4.78 is 5.40. The van der Waals surface area contributed by atoms with Gasteiger partial charge < -0.3 is 15.0 Å². The zero-order valence-electron chi connectivity index (χ0n) is 12.5. The van der Waals surface area contributed by atoms with Gasteiger partial charge in [-0.3, -0.25) is 0 Å². The Balaban J connectivity index is 1.52. The highest BCUT2D eigenvalue weighted by molar-refractivity contribution is 5.51. The third-order valence-corrected chi connectivity index (χ3v) is 4.44. The maximum Gasteiger partial charge on any atom is 0.134 e. The number of morpholine rings is 1. The summed E-state index contributed by atoms with van der Waals surface area (Å²) in [5, 5.41) is 3.57. The largest absolute Gasteiger partial charge is 0.378 e. The van der Waals surface area contributed by atoms with Crippen molar-refractivity contribution >= 4 is 11.6 Å². The predicted octanol–water partition coefficient (Wildman–Crippen LogP) is 2.41. The van der Waals surface area contributed by atoms with E-state index in [9.17, 15) is 0 Å². The number of aromatic nitrogens is 2. The van der Waals surface area contributed by atoms with Gasteiger partial charge in [-0.1, -0.05) is 24.3 Å². The molecule has 0 radical (unpaired) electrons. The third-order valence-electron chi connectivity index (χ3n) is 4.44. The van der Waals surface area contributed by atoms with Crippen LogP contribution in [0.5, 0.6) is 0 Å². The van der Waals surface area contributed by atoms with E-state index in [4.69, 9.17) is 4.74 Å². The lowest BCUT2D eigenvalue weighted by atomic mass is 10.1. The first-order valence-corrected chi connectivity index (χ1v) is 7.89. The molecule has 114 valence electrons. The summed E-state index contributed by atoms with van der Waals surface area (Å²) in [5.41, 5.74) is 2.84. The van der Waals surface area contributed by atoms with Crippen molar-refractivity contribution in [3.63, 3.8) is 0 Å². The van der Waals surface area contributed by atoms with E-state index in [2.05, 4.69) is 44.5 Å². The molecule has 5 heteroatoms. The van der Waals surface area contributed by atoms with E-state index < -0.39 is 0 Å². The summed E-state index contributed by atoms with van der Waals surface area (Å²) in [6.45, 7) is 3.32. The molecule has 1 aromatic carbocycles. The molecule has 22 heavy (non-hydrogen) atoms. The molecule has 2 heterocycles. The molecule has 5 nitrogen and oxygen atoms in total. The van der Waals surface area contributed by atoms with Crippen LogP contribution in [0.15, 0.2) is 36.7 Å². The lowest BCUT2D eigenvalue weighted by Crippen LogP contribution is -2.36. The van der Waals surface area contributed by atoms with Crippen LogP contribution >= 0.6 is 0 Å². The molecule has 1 aliphatic heterocycles. The maximum absolute atomic E-state index is 5.40. The topological polar surface area (TPSA) is 50.3 Å². The number of nitrogens with zero attached hydrogens (tertiary/aromatic N) is 3. The number of ether oxygens (including phenoxy) is 1. The van der Waals surface area contributed by atoms with Gasteiger partial charge in [0.1, 0.15) is 18.0 Å². The Morgan fingerprint density at radius 2 is 2.00 bits per heavy atom. The minimum atomic E-state index is 0.351. The molecule has 1 N–H and O–H groups in total. The van der Waals surface area contributed by atoms with E-state index in [1.54, 1.807) is 6.33 Å². The van der Waals surface area contributed by atoms with Gasteiger partial charge in [0.25, 0.3) is 0 Å². The fourth-order valence-electron chi connectivity index (χ4n) is 3.28. The van der Waals surface area contributed by atoms with Gasteiger partial charge in [-0.2, -0.15) is 0 Å². The van der Waals surface area contributed by atoms with Crippen LogP contribution < -0.4 is 10.2 Å². The first kappa shape index (κ1) is 13.5. The van der Waals surface area contributed by atoms with E-state index in [1.807, 2.05) is 6.07 Å². The monoisotopic (exact) mass is 296 g/mol. The molecule has 0 spiro atoms. The van der Waals surface area contributed by atoms with Crippen LogP contribution in [0.3, 0.4) is 0 Å². The molecule has 2 aliphatic rings. The molecule has 4 rings (SSSR count). The molecular formula is C17H20N4O. The van der Waals surface area contributed by atoms with Crippen molar-refractivity contribution in [1.29, 1.82) is 0 Å². The molecule has 0 saturated carbocycles. The molecule has 0 bridgehead atoms. The Morgan fingerprint density at radius 3 is 2.91 bits per heavy atom. The third kappa shape index (κ3) is 2.64. The number of hydrogen-bond acceptors (Lipinski definition) is 5. The van der Waals surface area contributed by atoms with Crippen LogP contribution in [0.2, 0.25) is 0 Å². The number of aryl methyl sites for hydroxylation is 1. The highest BCUT2D eigenvalue weighted by atomic mass is 16.5. The SMILES string of the molecule is c1ccc2c(c1)CCC2Nc1cc(N2CCOCC2)ncn1. The minimum Gasteiger partial charge on any atom is -0.378 e. The van der Waals surface area contributed by atoms with Gasteiger partial charge in [0.15, 0.2) is 0 Å². The molecule has 2 aromatic rings. The lowest BCUT2D eigenvalue weighted by Gasteiger charge is -2.28. The summed E-state index contributed by atoms with van der Waals surface area (Å²) in [6.07, 6.45) is 3.90. The van der Waals surface area contributed by atoms with Crippen molar-refractivity contribution in [2.75, 3.05) is 36.5 Å². The van der Waals surface area contributed by atoms with Gasteiger partial charge in [-0.05, 0) is 24.0 Å². The number of nitrogens with one attached hydrogen (secondary N) is 1. The Bertz CT molecular complexity index is 655. The van der Waals surface area contributed by atoms with Crippen molar-refractivity contribution in [2.24, 2.45) is 0 Å². The van der Waals surface area contributed by atoms with Crippen LogP contribution in [0.4, 0.5) is 11.6 Å². The van der Waals surface area contributed by atoms with Gasteiger partial charge in [0.2, 0.25) is 0 Å². The first-order valence-electron chi connectivity index (χ1n) is 7.89. The summed E-state index contributed by atoms with van der Waals surface area (Å²) >= 11 is 0. The average Bonchev–Trinajstić information content (AvgIpc) is 2.99. The first-order chi connectivity index (χ1) is 10.9. The van der Waals surface area contributed by atoms with Crippen molar-refractivity contribution in [2.45, 2.75) is 18.9 Å². The number of fused-ring (bicyclic) bond motifs is 1. The Morgan fingerprint density at radius 1 is 1.14 bits per heavy atom. The zero-order chi connectivity index (χ0) is 14.8. The zero-order valence-corrected chi connectivity index (χ0v) is 12.5. The number of benzene rings is 1. The Kier molecular flexibility index (Phi) is 3.64. The van der Waals surface area contributed by atoms with Gasteiger partial charge >= 0.3 is 0 Å². The maximum atomic E-state index is 5.40. The number of rotatable bonds is 3. The number of anilines is 2. The van der Waals surface area contributed by atoms with Crippen molar-refractivity contribution in [3.05, 3.63) is 47.8 Å². The van der Waals surface area contributed by atoms with Gasteiger partial charge in [-0.25, -0.2) is 9.97 Å². The van der Waals surface area contributed by atoms with Gasteiger partial charge in [0.05, 0.1) is 19.3 Å². The van der Waals surface area contributed by atoms with E-state index in [0.29, 0.717) is 6.04 Å². The van der Waals surface area contributed by atoms with Crippen molar-refractivity contribution in [3.8, 4) is 0 Å². The lowest BCUT2D eigenvalue weighted by molar-refractivity contribution is 0.122. The van der Waals surface area contributed by atoms with E-state index in [0.717, 1.165) is 50.8 Å². The van der Waals surface area contributed by atoms with E-state index in [-0.39, 0.29) is 0 Å². The van der Waals surface area contributed by atoms with E-state index >= 15 is 0 Å². The Labute approximate surface area is 130 Å². The fraction of sp³-hybridized carbons (Fsp3) is 0.412. The van der Waals surface area contributed by atoms with Crippen LogP contribution in [-0.2, 0) is 11.2 Å². The standard InChI is InChI=1S/C17H20N4O/c1-2-4-14-13(3-1)5-6-15(14)20-16-11-17(19-12-18-16)21-7-9-22-10-8-21/h1-4,11-12,15H,5-10H2,(H,18,19,20). The molecule has 1 unspecified atom stereocenters. The normalized spacial score (nSPS) is 20.7. The highest BCUT2D eigenvalue weighted by Gasteiger charge is 2.22. The van der Waals surface area contributed by atoms with Crippen molar-refractivity contribution < 1.29 is 4.74 Å². The molecule has 1 saturated heterocycles. The average molecular weight is 296 g/mol. The molecular weight excluding hydrogens is 276 g/mol. The second-order valence-electron chi connectivity index (χ2n) is 5.80. The molecule has 1 fully saturated rings. The molecule has 0 amide bonds. The smallest absolute Gasteiger partial charge is 0.134 e. The minimum absolute atomic E-state index is 0.351.